The van der Waals surface area contributed by atoms with Gasteiger partial charge in [-0.25, -0.2) is 0 Å². The van der Waals surface area contributed by atoms with E-state index in [0.717, 1.165) is 34.4 Å². The van der Waals surface area contributed by atoms with Crippen molar-refractivity contribution in [2.75, 3.05) is 26.9 Å². The highest BCUT2D eigenvalue weighted by molar-refractivity contribution is 5.83. The molecule has 34 heavy (non-hydrogen) atoms. The van der Waals surface area contributed by atoms with Gasteiger partial charge in [-0.05, 0) is 48.2 Å². The Morgan fingerprint density at radius 1 is 1.09 bits per heavy atom. The molecular formula is C26H30N2O6. The van der Waals surface area contributed by atoms with Gasteiger partial charge in [0.25, 0.3) is 0 Å². The van der Waals surface area contributed by atoms with Crippen molar-refractivity contribution in [3.05, 3.63) is 59.8 Å². The monoisotopic (exact) mass is 466 g/mol. The smallest absolute Gasteiger partial charge is 0.161 e. The lowest BCUT2D eigenvalue weighted by atomic mass is 9.92. The summed E-state index contributed by atoms with van der Waals surface area (Å²) in [5, 5.41) is 26.2. The van der Waals surface area contributed by atoms with Crippen LogP contribution in [0.1, 0.15) is 30.1 Å². The van der Waals surface area contributed by atoms with Gasteiger partial charge in [0.2, 0.25) is 0 Å². The molecule has 180 valence electrons. The summed E-state index contributed by atoms with van der Waals surface area (Å²) in [5.74, 6) is 2.16. The summed E-state index contributed by atoms with van der Waals surface area (Å²) in [6, 6.07) is 13.5. The molecule has 2 aliphatic heterocycles. The number of aromatic nitrogens is 1. The zero-order valence-corrected chi connectivity index (χ0v) is 19.1. The van der Waals surface area contributed by atoms with Gasteiger partial charge in [-0.2, -0.15) is 0 Å². The number of fused-ring (bicyclic) bond motifs is 2. The van der Waals surface area contributed by atoms with Gasteiger partial charge >= 0.3 is 0 Å². The van der Waals surface area contributed by atoms with Gasteiger partial charge in [-0.15, -0.1) is 0 Å². The van der Waals surface area contributed by atoms with Gasteiger partial charge in [0.15, 0.2) is 11.5 Å². The predicted octanol–water partition coefficient (Wildman–Crippen LogP) is 2.75. The lowest BCUT2D eigenvalue weighted by Crippen LogP contribution is -2.45. The van der Waals surface area contributed by atoms with E-state index < -0.39 is 18.3 Å². The average molecular weight is 467 g/mol. The summed E-state index contributed by atoms with van der Waals surface area (Å²) in [5.41, 5.74) is 2.46. The van der Waals surface area contributed by atoms with Crippen molar-refractivity contribution in [2.45, 2.75) is 43.7 Å². The fourth-order valence-electron chi connectivity index (χ4n) is 4.57. The van der Waals surface area contributed by atoms with Crippen LogP contribution in [0.3, 0.4) is 0 Å². The minimum Gasteiger partial charge on any atom is -0.495 e. The maximum absolute atomic E-state index is 11.0. The largest absolute Gasteiger partial charge is 0.495 e. The fraction of sp³-hybridized carbons (Fsp3) is 0.423. The number of nitrogens with one attached hydrogen (secondary N) is 1. The van der Waals surface area contributed by atoms with E-state index in [0.29, 0.717) is 44.1 Å². The first-order chi connectivity index (χ1) is 16.6. The summed E-state index contributed by atoms with van der Waals surface area (Å²) in [6.07, 6.45) is 0.529. The number of pyridine rings is 1. The van der Waals surface area contributed by atoms with Gasteiger partial charge in [0.05, 0.1) is 31.5 Å². The molecule has 8 heteroatoms. The Labute approximate surface area is 198 Å². The Hall–Kier alpha value is -2.91. The second kappa shape index (κ2) is 10.1. The summed E-state index contributed by atoms with van der Waals surface area (Å²) in [6.45, 7) is 2.30. The number of ether oxygens (including phenoxy) is 4. The summed E-state index contributed by atoms with van der Waals surface area (Å²) in [7, 11) is 1.57. The van der Waals surface area contributed by atoms with Crippen LogP contribution in [-0.4, -0.2) is 60.4 Å². The van der Waals surface area contributed by atoms with Gasteiger partial charge in [0.1, 0.15) is 31.2 Å². The number of methoxy groups -OCH3 is 1. The van der Waals surface area contributed by atoms with Crippen molar-refractivity contribution >= 4 is 10.9 Å². The molecular weight excluding hydrogens is 436 g/mol. The fourth-order valence-corrected chi connectivity index (χ4v) is 4.57. The predicted molar refractivity (Wildman–Crippen MR) is 126 cm³/mol. The summed E-state index contributed by atoms with van der Waals surface area (Å²) < 4.78 is 22.5. The number of aliphatic hydroxyl groups is 2. The van der Waals surface area contributed by atoms with Crippen LogP contribution in [0.4, 0.5) is 0 Å². The third-order valence-corrected chi connectivity index (χ3v) is 6.51. The van der Waals surface area contributed by atoms with Gasteiger partial charge < -0.3 is 34.5 Å². The molecule has 0 bridgehead atoms. The van der Waals surface area contributed by atoms with Crippen LogP contribution < -0.4 is 19.5 Å². The normalized spacial score (nSPS) is 21.7. The molecule has 0 spiro atoms. The third kappa shape index (κ3) is 4.81. The first-order valence-electron chi connectivity index (χ1n) is 11.6. The van der Waals surface area contributed by atoms with Crippen LogP contribution in [0, 0.1) is 0 Å². The van der Waals surface area contributed by atoms with E-state index in [9.17, 15) is 10.2 Å². The van der Waals surface area contributed by atoms with E-state index in [-0.39, 0.29) is 6.04 Å². The molecule has 3 aromatic rings. The van der Waals surface area contributed by atoms with Crippen LogP contribution in [0.25, 0.3) is 10.9 Å². The molecule has 1 aromatic heterocycles. The van der Waals surface area contributed by atoms with Gasteiger partial charge in [-0.1, -0.05) is 18.2 Å². The van der Waals surface area contributed by atoms with Crippen LogP contribution in [0.2, 0.25) is 0 Å². The van der Waals surface area contributed by atoms with Gasteiger partial charge in [-0.3, -0.25) is 4.98 Å². The number of benzene rings is 2. The number of hydrogen-bond donors (Lipinski definition) is 3. The Kier molecular flexibility index (Phi) is 6.82. The van der Waals surface area contributed by atoms with Crippen molar-refractivity contribution in [1.82, 2.24) is 10.3 Å². The minimum absolute atomic E-state index is 0.166. The van der Waals surface area contributed by atoms with E-state index in [1.165, 1.54) is 0 Å². The minimum atomic E-state index is -1.09. The Balaban J connectivity index is 1.17. The average Bonchev–Trinajstić information content (AvgIpc) is 2.90. The van der Waals surface area contributed by atoms with Crippen molar-refractivity contribution in [3.8, 4) is 17.2 Å². The van der Waals surface area contributed by atoms with Crippen LogP contribution in [0.15, 0.2) is 48.7 Å². The topological polar surface area (TPSA) is 102 Å². The second-order valence-corrected chi connectivity index (χ2v) is 8.73. The number of rotatable bonds is 7. The maximum atomic E-state index is 11.0. The molecule has 4 atom stereocenters. The Morgan fingerprint density at radius 3 is 2.74 bits per heavy atom. The molecule has 1 fully saturated rings. The molecule has 0 saturated carbocycles. The van der Waals surface area contributed by atoms with Crippen LogP contribution >= 0.6 is 0 Å². The van der Waals surface area contributed by atoms with Crippen LogP contribution in [0.5, 0.6) is 17.2 Å². The van der Waals surface area contributed by atoms with E-state index in [1.54, 1.807) is 19.4 Å². The molecule has 5 rings (SSSR count). The lowest BCUT2D eigenvalue weighted by molar-refractivity contribution is -0.114. The van der Waals surface area contributed by atoms with Crippen molar-refractivity contribution < 1.29 is 29.2 Å². The second-order valence-electron chi connectivity index (χ2n) is 8.73. The Morgan fingerprint density at radius 2 is 1.94 bits per heavy atom. The molecule has 2 aromatic carbocycles. The van der Waals surface area contributed by atoms with E-state index in [1.807, 2.05) is 36.4 Å². The van der Waals surface area contributed by atoms with Gasteiger partial charge in [0, 0.05) is 18.0 Å². The molecule has 0 aliphatic carbocycles. The molecule has 3 N–H and O–H groups in total. The molecule has 2 aliphatic rings. The summed E-state index contributed by atoms with van der Waals surface area (Å²) >= 11 is 0. The SMILES string of the molecule is COc1cnc2cccc(C(O)C(O)[C@@H]3CC[C@@H](NCc4ccc5c(c4)OCCO5)CO3)c2c1. The first kappa shape index (κ1) is 22.9. The quantitative estimate of drug-likeness (QED) is 0.489. The molecule has 3 heterocycles. The Bertz CT molecular complexity index is 1130. The van der Waals surface area contributed by atoms with E-state index >= 15 is 0 Å². The third-order valence-electron chi connectivity index (χ3n) is 6.51. The molecule has 0 radical (unpaired) electrons. The molecule has 0 amide bonds. The number of aliphatic hydroxyl groups excluding tert-OH is 2. The van der Waals surface area contributed by atoms with Crippen molar-refractivity contribution in [1.29, 1.82) is 0 Å². The highest BCUT2D eigenvalue weighted by atomic mass is 16.6. The standard InChI is InChI=1S/C26H30N2O6/c1-31-18-12-20-19(3-2-4-21(20)28-14-18)25(29)26(30)23-8-6-17(15-34-23)27-13-16-5-7-22-24(11-16)33-10-9-32-22/h2-5,7,11-12,14,17,23,25-27,29-30H,6,8-10,13,15H2,1H3/t17-,23+,25?,26?/m1/s1. The molecule has 1 saturated heterocycles. The van der Waals surface area contributed by atoms with E-state index in [2.05, 4.69) is 10.3 Å². The zero-order valence-electron chi connectivity index (χ0n) is 19.1. The number of hydrogen-bond acceptors (Lipinski definition) is 8. The van der Waals surface area contributed by atoms with Crippen molar-refractivity contribution in [2.24, 2.45) is 0 Å². The van der Waals surface area contributed by atoms with Crippen LogP contribution in [-0.2, 0) is 11.3 Å². The number of nitrogens with zero attached hydrogens (tertiary/aromatic N) is 1. The van der Waals surface area contributed by atoms with Crippen molar-refractivity contribution in [3.63, 3.8) is 0 Å². The maximum Gasteiger partial charge on any atom is 0.161 e. The zero-order chi connectivity index (χ0) is 23.5. The first-order valence-corrected chi connectivity index (χ1v) is 11.6. The lowest BCUT2D eigenvalue weighted by Gasteiger charge is -2.34. The summed E-state index contributed by atoms with van der Waals surface area (Å²) in [4.78, 5) is 4.37. The molecule has 2 unspecified atom stereocenters. The highest BCUT2D eigenvalue weighted by Gasteiger charge is 2.33. The highest BCUT2D eigenvalue weighted by Crippen LogP contribution is 2.32. The van der Waals surface area contributed by atoms with E-state index in [4.69, 9.17) is 18.9 Å². The molecule has 8 nitrogen and oxygen atoms in total.